The highest BCUT2D eigenvalue weighted by molar-refractivity contribution is 5.93. The Morgan fingerprint density at radius 1 is 1.12 bits per heavy atom. The molecule has 1 saturated heterocycles. The maximum Gasteiger partial charge on any atom is 0.418 e. The van der Waals surface area contributed by atoms with Crippen LogP contribution in [0.1, 0.15) is 37.7 Å². The van der Waals surface area contributed by atoms with Gasteiger partial charge in [0.15, 0.2) is 0 Å². The van der Waals surface area contributed by atoms with Crippen molar-refractivity contribution in [2.24, 2.45) is 11.8 Å². The summed E-state index contributed by atoms with van der Waals surface area (Å²) in [6.07, 6.45) is 1.67. The second kappa shape index (κ2) is 7.13. The Balaban J connectivity index is 1.58. The SMILES string of the molecule is O=C(CN1CC[C@@H]2CCCC[C@@H]2C1)Nc1ccccc1C(F)(F)F. The van der Waals surface area contributed by atoms with Gasteiger partial charge in [0.1, 0.15) is 0 Å². The zero-order valence-corrected chi connectivity index (χ0v) is 13.6. The van der Waals surface area contributed by atoms with E-state index in [1.165, 1.54) is 43.9 Å². The molecule has 2 atom stereocenters. The van der Waals surface area contributed by atoms with Gasteiger partial charge in [-0.3, -0.25) is 9.69 Å². The molecule has 1 aliphatic heterocycles. The highest BCUT2D eigenvalue weighted by atomic mass is 19.4. The van der Waals surface area contributed by atoms with Gasteiger partial charge in [0.2, 0.25) is 5.91 Å². The summed E-state index contributed by atoms with van der Waals surface area (Å²) < 4.78 is 38.9. The molecule has 3 rings (SSSR count). The van der Waals surface area contributed by atoms with E-state index in [0.29, 0.717) is 5.92 Å². The van der Waals surface area contributed by atoms with Crippen LogP contribution in [0.3, 0.4) is 0 Å². The van der Waals surface area contributed by atoms with E-state index < -0.39 is 11.7 Å². The van der Waals surface area contributed by atoms with Crippen molar-refractivity contribution in [1.82, 2.24) is 4.90 Å². The molecule has 1 amide bonds. The molecule has 0 radical (unpaired) electrons. The summed E-state index contributed by atoms with van der Waals surface area (Å²) in [6.45, 7) is 1.91. The molecular formula is C18H23F3N2O. The van der Waals surface area contributed by atoms with Gasteiger partial charge >= 0.3 is 6.18 Å². The number of carbonyl (C=O) groups is 1. The van der Waals surface area contributed by atoms with Gasteiger partial charge in [-0.25, -0.2) is 0 Å². The second-order valence-electron chi connectivity index (χ2n) is 6.92. The van der Waals surface area contributed by atoms with Crippen molar-refractivity contribution < 1.29 is 18.0 Å². The standard InChI is InChI=1S/C18H23F3N2O/c19-18(20,21)15-7-3-4-8-16(15)22-17(24)12-23-10-9-13-5-1-2-6-14(13)11-23/h3-4,7-8,13-14H,1-2,5-6,9-12H2,(H,22,24)/t13-,14+/m0/s1. The fourth-order valence-electron chi connectivity index (χ4n) is 4.05. The van der Waals surface area contributed by atoms with Crippen LogP contribution in [0.4, 0.5) is 18.9 Å². The zero-order valence-electron chi connectivity index (χ0n) is 13.6. The lowest BCUT2D eigenvalue weighted by atomic mass is 9.75. The lowest BCUT2D eigenvalue weighted by molar-refractivity contribution is -0.137. The van der Waals surface area contributed by atoms with Gasteiger partial charge in [0.05, 0.1) is 17.8 Å². The van der Waals surface area contributed by atoms with Crippen LogP contribution in [-0.4, -0.2) is 30.4 Å². The third-order valence-corrected chi connectivity index (χ3v) is 5.25. The van der Waals surface area contributed by atoms with Crippen LogP contribution in [0.5, 0.6) is 0 Å². The number of anilines is 1. The first-order valence-corrected chi connectivity index (χ1v) is 8.62. The van der Waals surface area contributed by atoms with Crippen molar-refractivity contribution >= 4 is 11.6 Å². The number of para-hydroxylation sites is 1. The summed E-state index contributed by atoms with van der Waals surface area (Å²) in [5.41, 5.74) is -0.966. The van der Waals surface area contributed by atoms with E-state index in [9.17, 15) is 18.0 Å². The first-order valence-electron chi connectivity index (χ1n) is 8.62. The van der Waals surface area contributed by atoms with E-state index >= 15 is 0 Å². The number of hydrogen-bond acceptors (Lipinski definition) is 2. The number of hydrogen-bond donors (Lipinski definition) is 1. The van der Waals surface area contributed by atoms with E-state index in [2.05, 4.69) is 10.2 Å². The zero-order chi connectivity index (χ0) is 17.2. The summed E-state index contributed by atoms with van der Waals surface area (Å²) in [5.74, 6) is 1.03. The van der Waals surface area contributed by atoms with Gasteiger partial charge in [0, 0.05) is 6.54 Å². The number of likely N-dealkylation sites (tertiary alicyclic amines) is 1. The Bertz CT molecular complexity index is 588. The molecule has 0 aromatic heterocycles. The highest BCUT2D eigenvalue weighted by Gasteiger charge is 2.34. The Hall–Kier alpha value is -1.56. The number of carbonyl (C=O) groups excluding carboxylic acids is 1. The van der Waals surface area contributed by atoms with Crippen LogP contribution in [0.2, 0.25) is 0 Å². The van der Waals surface area contributed by atoms with Crippen LogP contribution < -0.4 is 5.32 Å². The first-order chi connectivity index (χ1) is 11.4. The van der Waals surface area contributed by atoms with Crippen molar-refractivity contribution in [3.8, 4) is 0 Å². The molecule has 0 bridgehead atoms. The fraction of sp³-hybridized carbons (Fsp3) is 0.611. The molecule has 1 heterocycles. The third-order valence-electron chi connectivity index (χ3n) is 5.25. The van der Waals surface area contributed by atoms with Crippen molar-refractivity contribution in [2.45, 2.75) is 38.3 Å². The summed E-state index contributed by atoms with van der Waals surface area (Å²) in [5, 5.41) is 2.44. The maximum atomic E-state index is 13.0. The predicted octanol–water partition coefficient (Wildman–Crippen LogP) is 4.16. The molecule has 132 valence electrons. The number of benzene rings is 1. The van der Waals surface area contributed by atoms with Gasteiger partial charge in [-0.15, -0.1) is 0 Å². The number of piperidine rings is 1. The second-order valence-corrected chi connectivity index (χ2v) is 6.92. The van der Waals surface area contributed by atoms with E-state index in [0.717, 1.165) is 31.5 Å². The van der Waals surface area contributed by atoms with Crippen molar-refractivity contribution in [3.05, 3.63) is 29.8 Å². The molecule has 24 heavy (non-hydrogen) atoms. The molecule has 6 heteroatoms. The molecule has 1 aromatic rings. The average Bonchev–Trinajstić information content (AvgIpc) is 2.54. The van der Waals surface area contributed by atoms with Crippen molar-refractivity contribution in [3.63, 3.8) is 0 Å². The molecule has 1 aromatic carbocycles. The summed E-state index contributed by atoms with van der Waals surface area (Å²) >= 11 is 0. The Labute approximate surface area is 140 Å². The van der Waals surface area contributed by atoms with Crippen LogP contribution >= 0.6 is 0 Å². The molecule has 2 aliphatic rings. The Kier molecular flexibility index (Phi) is 5.13. The molecule has 1 N–H and O–H groups in total. The number of nitrogens with one attached hydrogen (secondary N) is 1. The molecule has 0 unspecified atom stereocenters. The van der Waals surface area contributed by atoms with Crippen LogP contribution in [-0.2, 0) is 11.0 Å². The number of fused-ring (bicyclic) bond motifs is 1. The normalized spacial score (nSPS) is 25.1. The molecule has 1 saturated carbocycles. The predicted molar refractivity (Wildman–Crippen MR) is 86.6 cm³/mol. The molecular weight excluding hydrogens is 317 g/mol. The van der Waals surface area contributed by atoms with Crippen molar-refractivity contribution in [1.29, 1.82) is 0 Å². The fourth-order valence-corrected chi connectivity index (χ4v) is 4.05. The molecule has 0 spiro atoms. The minimum Gasteiger partial charge on any atom is -0.324 e. The van der Waals surface area contributed by atoms with E-state index in [4.69, 9.17) is 0 Å². The van der Waals surface area contributed by atoms with Crippen LogP contribution in [0.15, 0.2) is 24.3 Å². The molecule has 2 fully saturated rings. The van der Waals surface area contributed by atoms with E-state index in [1.54, 1.807) is 0 Å². The first kappa shape index (κ1) is 17.3. The lowest BCUT2D eigenvalue weighted by Gasteiger charge is -2.41. The summed E-state index contributed by atoms with van der Waals surface area (Å²) in [4.78, 5) is 14.3. The topological polar surface area (TPSA) is 32.3 Å². The van der Waals surface area contributed by atoms with Crippen LogP contribution in [0, 0.1) is 11.8 Å². The minimum atomic E-state index is -4.47. The summed E-state index contributed by atoms with van der Waals surface area (Å²) in [7, 11) is 0. The van der Waals surface area contributed by atoms with E-state index in [-0.39, 0.29) is 18.1 Å². The average molecular weight is 340 g/mol. The number of halogens is 3. The Morgan fingerprint density at radius 2 is 1.83 bits per heavy atom. The Morgan fingerprint density at radius 3 is 2.58 bits per heavy atom. The smallest absolute Gasteiger partial charge is 0.324 e. The van der Waals surface area contributed by atoms with Gasteiger partial charge < -0.3 is 5.32 Å². The van der Waals surface area contributed by atoms with Gasteiger partial charge in [-0.1, -0.05) is 31.4 Å². The number of amides is 1. The largest absolute Gasteiger partial charge is 0.418 e. The van der Waals surface area contributed by atoms with Gasteiger partial charge in [0.25, 0.3) is 0 Å². The third kappa shape index (κ3) is 4.09. The number of rotatable bonds is 3. The van der Waals surface area contributed by atoms with Crippen molar-refractivity contribution in [2.75, 3.05) is 25.0 Å². The van der Waals surface area contributed by atoms with E-state index in [1.807, 2.05) is 0 Å². The lowest BCUT2D eigenvalue weighted by Crippen LogP contribution is -2.44. The molecule has 1 aliphatic carbocycles. The number of alkyl halides is 3. The number of nitrogens with zero attached hydrogens (tertiary/aromatic N) is 1. The minimum absolute atomic E-state index is 0.162. The monoisotopic (exact) mass is 340 g/mol. The summed E-state index contributed by atoms with van der Waals surface area (Å²) in [6, 6.07) is 5.11. The van der Waals surface area contributed by atoms with Gasteiger partial charge in [-0.05, 0) is 43.4 Å². The quantitative estimate of drug-likeness (QED) is 0.896. The van der Waals surface area contributed by atoms with Gasteiger partial charge in [-0.2, -0.15) is 13.2 Å². The van der Waals surface area contributed by atoms with Crippen LogP contribution in [0.25, 0.3) is 0 Å². The maximum absolute atomic E-state index is 13.0. The molecule has 3 nitrogen and oxygen atoms in total. The highest BCUT2D eigenvalue weighted by Crippen LogP contribution is 2.36.